The van der Waals surface area contributed by atoms with Crippen molar-refractivity contribution >= 4 is 35.5 Å². The number of likely N-dealkylation sites (tertiary alicyclic amines) is 1. The standard InChI is InChI=1S/C22H37N5O7/c1-7-8-15(18(30)20(32)24-11-16(28)23-12-17(29)26(5)6)25-19(31)14-9-10-27(13-14)21(33)34-22(2,3)4/h14-15H,7-13H2,1-6H3,(H,23,28)(H,24,32)(H,25,31)/t14-,15-/m0/s1. The van der Waals surface area contributed by atoms with Gasteiger partial charge in [-0.3, -0.25) is 24.0 Å². The molecule has 192 valence electrons. The predicted molar refractivity (Wildman–Crippen MR) is 122 cm³/mol. The number of rotatable bonds is 10. The van der Waals surface area contributed by atoms with E-state index in [1.165, 1.54) is 23.9 Å². The molecule has 0 aliphatic carbocycles. The van der Waals surface area contributed by atoms with Gasteiger partial charge in [-0.1, -0.05) is 13.3 Å². The smallest absolute Gasteiger partial charge is 0.410 e. The highest BCUT2D eigenvalue weighted by Crippen LogP contribution is 2.20. The molecule has 1 saturated heterocycles. The van der Waals surface area contributed by atoms with Crippen LogP contribution in [-0.4, -0.2) is 97.2 Å². The Morgan fingerprint density at radius 1 is 1.06 bits per heavy atom. The first kappa shape index (κ1) is 28.9. The summed E-state index contributed by atoms with van der Waals surface area (Å²) >= 11 is 0. The van der Waals surface area contributed by atoms with E-state index in [0.29, 0.717) is 19.4 Å². The molecule has 0 aromatic carbocycles. The van der Waals surface area contributed by atoms with Crippen LogP contribution in [0, 0.1) is 5.92 Å². The molecule has 34 heavy (non-hydrogen) atoms. The van der Waals surface area contributed by atoms with Gasteiger partial charge in [0.25, 0.3) is 5.91 Å². The lowest BCUT2D eigenvalue weighted by molar-refractivity contribution is -0.141. The minimum Gasteiger partial charge on any atom is -0.444 e. The summed E-state index contributed by atoms with van der Waals surface area (Å²) in [6.07, 6.45) is 0.681. The van der Waals surface area contributed by atoms with Gasteiger partial charge in [0.1, 0.15) is 5.60 Å². The lowest BCUT2D eigenvalue weighted by Gasteiger charge is -2.24. The molecule has 1 heterocycles. The molecule has 12 nitrogen and oxygen atoms in total. The van der Waals surface area contributed by atoms with Crippen molar-refractivity contribution in [3.05, 3.63) is 0 Å². The van der Waals surface area contributed by atoms with Crippen molar-refractivity contribution in [2.45, 2.75) is 58.6 Å². The highest BCUT2D eigenvalue weighted by atomic mass is 16.6. The fourth-order valence-electron chi connectivity index (χ4n) is 3.11. The topological polar surface area (TPSA) is 154 Å². The van der Waals surface area contributed by atoms with Crippen LogP contribution in [0.25, 0.3) is 0 Å². The van der Waals surface area contributed by atoms with E-state index >= 15 is 0 Å². The van der Waals surface area contributed by atoms with E-state index in [4.69, 9.17) is 4.74 Å². The molecule has 0 aromatic rings. The quantitative estimate of drug-likeness (QED) is 0.351. The van der Waals surface area contributed by atoms with Crippen LogP contribution in [0.1, 0.15) is 47.0 Å². The molecule has 1 rings (SSSR count). The molecule has 5 amide bonds. The molecule has 3 N–H and O–H groups in total. The molecule has 1 fully saturated rings. The number of hydrogen-bond donors (Lipinski definition) is 3. The molecule has 0 radical (unpaired) electrons. The zero-order valence-electron chi connectivity index (χ0n) is 20.9. The highest BCUT2D eigenvalue weighted by molar-refractivity contribution is 6.38. The van der Waals surface area contributed by atoms with E-state index < -0.39 is 53.7 Å². The fourth-order valence-corrected chi connectivity index (χ4v) is 3.11. The first-order valence-corrected chi connectivity index (χ1v) is 11.3. The van der Waals surface area contributed by atoms with Crippen LogP contribution in [0.4, 0.5) is 4.79 Å². The molecular weight excluding hydrogens is 446 g/mol. The number of nitrogens with one attached hydrogen (secondary N) is 3. The number of ketones is 1. The van der Waals surface area contributed by atoms with Crippen LogP contribution in [0.5, 0.6) is 0 Å². The molecule has 2 atom stereocenters. The molecule has 1 aliphatic heterocycles. The fraction of sp³-hybridized carbons (Fsp3) is 0.727. The number of carbonyl (C=O) groups excluding carboxylic acids is 6. The summed E-state index contributed by atoms with van der Waals surface area (Å²) in [6.45, 7) is 6.87. The number of carbonyl (C=O) groups is 6. The third kappa shape index (κ3) is 9.75. The largest absolute Gasteiger partial charge is 0.444 e. The average molecular weight is 484 g/mol. The molecular formula is C22H37N5O7. The van der Waals surface area contributed by atoms with Crippen molar-refractivity contribution in [3.63, 3.8) is 0 Å². The minimum atomic E-state index is -1.05. The summed E-state index contributed by atoms with van der Waals surface area (Å²) in [7, 11) is 3.08. The molecule has 0 saturated carbocycles. The lowest BCUT2D eigenvalue weighted by atomic mass is 10.0. The first-order valence-electron chi connectivity index (χ1n) is 11.3. The van der Waals surface area contributed by atoms with Gasteiger partial charge in [0.15, 0.2) is 0 Å². The SMILES string of the molecule is CCC[C@H](NC(=O)[C@H]1CCN(C(=O)OC(C)(C)C)C1)C(=O)C(=O)NCC(=O)NCC(=O)N(C)C. The van der Waals surface area contributed by atoms with Crippen LogP contribution in [0.15, 0.2) is 0 Å². The van der Waals surface area contributed by atoms with Crippen molar-refractivity contribution in [3.8, 4) is 0 Å². The number of hydrogen-bond acceptors (Lipinski definition) is 7. The molecule has 1 aliphatic rings. The van der Waals surface area contributed by atoms with Gasteiger partial charge in [-0.05, 0) is 33.6 Å². The highest BCUT2D eigenvalue weighted by Gasteiger charge is 2.35. The third-order valence-electron chi connectivity index (χ3n) is 4.99. The number of nitrogens with zero attached hydrogens (tertiary/aromatic N) is 2. The Kier molecular flexibility index (Phi) is 10.9. The average Bonchev–Trinajstić information content (AvgIpc) is 3.24. The first-order chi connectivity index (χ1) is 15.7. The zero-order chi connectivity index (χ0) is 26.1. The Bertz CT molecular complexity index is 791. The maximum Gasteiger partial charge on any atom is 0.410 e. The van der Waals surface area contributed by atoms with Crippen LogP contribution in [0.3, 0.4) is 0 Å². The van der Waals surface area contributed by atoms with Crippen LogP contribution in [0.2, 0.25) is 0 Å². The van der Waals surface area contributed by atoms with E-state index in [-0.39, 0.29) is 25.4 Å². The van der Waals surface area contributed by atoms with Crippen LogP contribution in [-0.2, 0) is 28.7 Å². The summed E-state index contributed by atoms with van der Waals surface area (Å²) in [5.41, 5.74) is -0.651. The summed E-state index contributed by atoms with van der Waals surface area (Å²) < 4.78 is 5.32. The summed E-state index contributed by atoms with van der Waals surface area (Å²) in [6, 6.07) is -1.05. The number of Topliss-reactive ketones (excluding diaryl/α,β-unsaturated/α-hetero) is 1. The number of likely N-dealkylation sites (N-methyl/N-ethyl adjacent to an activating group) is 1. The van der Waals surface area contributed by atoms with E-state index in [1.54, 1.807) is 27.7 Å². The number of amides is 5. The Hall–Kier alpha value is -3.18. The van der Waals surface area contributed by atoms with Gasteiger partial charge in [-0.25, -0.2) is 4.79 Å². The van der Waals surface area contributed by atoms with Gasteiger partial charge in [-0.2, -0.15) is 0 Å². The van der Waals surface area contributed by atoms with Crippen molar-refractivity contribution < 1.29 is 33.5 Å². The van der Waals surface area contributed by atoms with E-state index in [9.17, 15) is 28.8 Å². The predicted octanol–water partition coefficient (Wildman–Crippen LogP) is -0.582. The van der Waals surface area contributed by atoms with Gasteiger partial charge in [0.05, 0.1) is 25.0 Å². The molecule has 0 bridgehead atoms. The Morgan fingerprint density at radius 3 is 2.26 bits per heavy atom. The molecule has 0 aromatic heterocycles. The van der Waals surface area contributed by atoms with Crippen molar-refractivity contribution in [2.24, 2.45) is 5.92 Å². The maximum absolute atomic E-state index is 12.7. The van der Waals surface area contributed by atoms with Gasteiger partial charge >= 0.3 is 6.09 Å². The van der Waals surface area contributed by atoms with Gasteiger partial charge in [0, 0.05) is 27.2 Å². The second kappa shape index (κ2) is 12.9. The van der Waals surface area contributed by atoms with Crippen molar-refractivity contribution in [2.75, 3.05) is 40.3 Å². The Morgan fingerprint density at radius 2 is 1.71 bits per heavy atom. The monoisotopic (exact) mass is 483 g/mol. The van der Waals surface area contributed by atoms with Gasteiger partial charge in [0.2, 0.25) is 23.5 Å². The Balaban J connectivity index is 2.58. The minimum absolute atomic E-state index is 0.159. The second-order valence-corrected chi connectivity index (χ2v) is 9.37. The zero-order valence-corrected chi connectivity index (χ0v) is 20.9. The van der Waals surface area contributed by atoms with Crippen molar-refractivity contribution in [1.82, 2.24) is 25.8 Å². The molecule has 0 spiro atoms. The van der Waals surface area contributed by atoms with Crippen LogP contribution < -0.4 is 16.0 Å². The lowest BCUT2D eigenvalue weighted by Crippen LogP contribution is -2.50. The summed E-state index contributed by atoms with van der Waals surface area (Å²) in [4.78, 5) is 75.8. The summed E-state index contributed by atoms with van der Waals surface area (Å²) in [5, 5.41) is 7.16. The maximum atomic E-state index is 12.7. The van der Waals surface area contributed by atoms with Crippen LogP contribution >= 0.6 is 0 Å². The Labute approximate surface area is 200 Å². The van der Waals surface area contributed by atoms with E-state index in [0.717, 1.165) is 0 Å². The second-order valence-electron chi connectivity index (χ2n) is 9.37. The normalized spacial score (nSPS) is 16.3. The number of ether oxygens (including phenoxy) is 1. The third-order valence-corrected chi connectivity index (χ3v) is 4.99. The van der Waals surface area contributed by atoms with Gasteiger partial charge in [-0.15, -0.1) is 0 Å². The van der Waals surface area contributed by atoms with Crippen molar-refractivity contribution in [1.29, 1.82) is 0 Å². The summed E-state index contributed by atoms with van der Waals surface area (Å²) in [5.74, 6) is -3.77. The van der Waals surface area contributed by atoms with E-state index in [2.05, 4.69) is 16.0 Å². The van der Waals surface area contributed by atoms with Gasteiger partial charge < -0.3 is 30.5 Å². The van der Waals surface area contributed by atoms with E-state index in [1.807, 2.05) is 0 Å². The molecule has 12 heteroatoms. The molecule has 0 unspecified atom stereocenters.